The Hall–Kier alpha value is -1.55. The van der Waals surface area contributed by atoms with Crippen molar-refractivity contribution in [1.82, 2.24) is 10.6 Å². The Morgan fingerprint density at radius 2 is 2.30 bits per heavy atom. The van der Waals surface area contributed by atoms with Crippen molar-refractivity contribution in [2.45, 2.75) is 38.6 Å². The highest BCUT2D eigenvalue weighted by molar-refractivity contribution is 5.77. The Labute approximate surface area is 120 Å². The molecule has 2 rings (SSSR count). The van der Waals surface area contributed by atoms with Crippen molar-refractivity contribution < 1.29 is 9.53 Å². The summed E-state index contributed by atoms with van der Waals surface area (Å²) in [5, 5.41) is 6.18. The van der Waals surface area contributed by atoms with Crippen LogP contribution in [0.3, 0.4) is 0 Å². The van der Waals surface area contributed by atoms with Crippen LogP contribution < -0.4 is 15.4 Å². The number of carbonyl (C=O) groups is 1. The van der Waals surface area contributed by atoms with Crippen molar-refractivity contribution in [3.63, 3.8) is 0 Å². The van der Waals surface area contributed by atoms with Crippen LogP contribution in [0.2, 0.25) is 0 Å². The van der Waals surface area contributed by atoms with E-state index in [9.17, 15) is 4.79 Å². The van der Waals surface area contributed by atoms with Gasteiger partial charge in [-0.15, -0.1) is 0 Å². The molecular formula is C16H24N2O2. The van der Waals surface area contributed by atoms with Crippen molar-refractivity contribution in [3.8, 4) is 5.75 Å². The van der Waals surface area contributed by atoms with Gasteiger partial charge in [-0.05, 0) is 43.5 Å². The third-order valence-corrected chi connectivity index (χ3v) is 3.79. The highest BCUT2D eigenvalue weighted by Crippen LogP contribution is 2.36. The monoisotopic (exact) mass is 276 g/mol. The molecule has 20 heavy (non-hydrogen) atoms. The van der Waals surface area contributed by atoms with Crippen LogP contribution in [0.4, 0.5) is 0 Å². The minimum absolute atomic E-state index is 0.0424. The van der Waals surface area contributed by atoms with Crippen LogP contribution >= 0.6 is 0 Å². The van der Waals surface area contributed by atoms with E-state index >= 15 is 0 Å². The molecule has 0 radical (unpaired) electrons. The van der Waals surface area contributed by atoms with Crippen molar-refractivity contribution in [3.05, 3.63) is 29.3 Å². The molecule has 4 heteroatoms. The molecule has 1 atom stereocenters. The zero-order chi connectivity index (χ0) is 14.4. The highest BCUT2D eigenvalue weighted by atomic mass is 16.5. The van der Waals surface area contributed by atoms with E-state index in [1.807, 2.05) is 19.2 Å². The normalized spacial score (nSPS) is 16.8. The summed E-state index contributed by atoms with van der Waals surface area (Å²) in [6, 6.07) is 6.50. The van der Waals surface area contributed by atoms with Crippen LogP contribution in [0.15, 0.2) is 18.2 Å². The lowest BCUT2D eigenvalue weighted by Crippen LogP contribution is -2.29. The average Bonchev–Trinajstić information content (AvgIpc) is 2.89. The van der Waals surface area contributed by atoms with E-state index in [0.29, 0.717) is 6.04 Å². The van der Waals surface area contributed by atoms with Crippen LogP contribution in [0.1, 0.15) is 43.4 Å². The smallest absolute Gasteiger partial charge is 0.257 e. The second kappa shape index (κ2) is 7.29. The predicted octanol–water partition coefficient (Wildman–Crippen LogP) is 2.19. The maximum Gasteiger partial charge on any atom is 0.257 e. The third-order valence-electron chi connectivity index (χ3n) is 3.79. The van der Waals surface area contributed by atoms with Crippen molar-refractivity contribution in [1.29, 1.82) is 0 Å². The molecule has 0 spiro atoms. The summed E-state index contributed by atoms with van der Waals surface area (Å²) >= 11 is 0. The van der Waals surface area contributed by atoms with Gasteiger partial charge in [0.05, 0.1) is 0 Å². The summed E-state index contributed by atoms with van der Waals surface area (Å²) in [5.41, 5.74) is 2.55. The van der Waals surface area contributed by atoms with Crippen LogP contribution in [0.25, 0.3) is 0 Å². The first-order valence-electron chi connectivity index (χ1n) is 7.44. The number of rotatable bonds is 7. The molecule has 0 fully saturated rings. The minimum atomic E-state index is -0.0424. The molecule has 0 heterocycles. The zero-order valence-electron chi connectivity index (χ0n) is 12.4. The molecule has 0 bridgehead atoms. The maximum atomic E-state index is 11.7. The summed E-state index contributed by atoms with van der Waals surface area (Å²) in [5.74, 6) is 0.810. The number of nitrogens with one attached hydrogen (secondary N) is 2. The van der Waals surface area contributed by atoms with Gasteiger partial charge in [0.2, 0.25) is 0 Å². The number of unbranched alkanes of at least 4 members (excludes halogenated alkanes) is 1. The molecule has 0 saturated carbocycles. The van der Waals surface area contributed by atoms with E-state index in [0.717, 1.165) is 38.0 Å². The molecule has 1 aromatic rings. The summed E-state index contributed by atoms with van der Waals surface area (Å²) in [4.78, 5) is 11.7. The lowest BCUT2D eigenvalue weighted by atomic mass is 10.1. The van der Waals surface area contributed by atoms with Gasteiger partial charge < -0.3 is 15.4 Å². The summed E-state index contributed by atoms with van der Waals surface area (Å²) in [6.45, 7) is 2.94. The SMILES string of the molecule is CCCCNC(=O)COc1cccc2c1CCC2NC. The predicted molar refractivity (Wildman–Crippen MR) is 80.0 cm³/mol. The molecular weight excluding hydrogens is 252 g/mol. The second-order valence-corrected chi connectivity index (χ2v) is 5.20. The molecule has 1 aliphatic rings. The number of hydrogen-bond donors (Lipinski definition) is 2. The summed E-state index contributed by atoms with van der Waals surface area (Å²) in [6.07, 6.45) is 4.19. The lowest BCUT2D eigenvalue weighted by molar-refractivity contribution is -0.123. The van der Waals surface area contributed by atoms with E-state index in [-0.39, 0.29) is 12.5 Å². The van der Waals surface area contributed by atoms with Crippen molar-refractivity contribution in [2.75, 3.05) is 20.2 Å². The van der Waals surface area contributed by atoms with Gasteiger partial charge >= 0.3 is 0 Å². The molecule has 0 aromatic heterocycles. The van der Waals surface area contributed by atoms with Crippen molar-refractivity contribution in [2.24, 2.45) is 0 Å². The zero-order valence-corrected chi connectivity index (χ0v) is 12.4. The Morgan fingerprint density at radius 3 is 3.05 bits per heavy atom. The molecule has 1 unspecified atom stereocenters. The van der Waals surface area contributed by atoms with Gasteiger partial charge in [-0.2, -0.15) is 0 Å². The number of fused-ring (bicyclic) bond motifs is 1. The largest absolute Gasteiger partial charge is 0.483 e. The molecule has 0 aliphatic heterocycles. The highest BCUT2D eigenvalue weighted by Gasteiger charge is 2.23. The van der Waals surface area contributed by atoms with Crippen LogP contribution in [-0.4, -0.2) is 26.1 Å². The molecule has 110 valence electrons. The number of amides is 1. The van der Waals surface area contributed by atoms with Gasteiger partial charge in [0, 0.05) is 12.6 Å². The van der Waals surface area contributed by atoms with E-state index in [1.54, 1.807) is 0 Å². The molecule has 0 saturated heterocycles. The van der Waals surface area contributed by atoms with Crippen molar-refractivity contribution >= 4 is 5.91 Å². The fraction of sp³-hybridized carbons (Fsp3) is 0.562. The summed E-state index contributed by atoms with van der Waals surface area (Å²) < 4.78 is 5.69. The Morgan fingerprint density at radius 1 is 1.45 bits per heavy atom. The first-order chi connectivity index (χ1) is 9.76. The van der Waals surface area contributed by atoms with Gasteiger partial charge in [0.1, 0.15) is 5.75 Å². The molecule has 4 nitrogen and oxygen atoms in total. The van der Waals surface area contributed by atoms with Gasteiger partial charge in [-0.1, -0.05) is 25.5 Å². The second-order valence-electron chi connectivity index (χ2n) is 5.20. The van der Waals surface area contributed by atoms with Crippen LogP contribution in [0.5, 0.6) is 5.75 Å². The number of benzene rings is 1. The molecule has 1 amide bonds. The lowest BCUT2D eigenvalue weighted by Gasteiger charge is -2.13. The Bertz CT molecular complexity index is 460. The van der Waals surface area contributed by atoms with Gasteiger partial charge in [-0.25, -0.2) is 0 Å². The van der Waals surface area contributed by atoms with E-state index in [1.165, 1.54) is 11.1 Å². The van der Waals surface area contributed by atoms with Gasteiger partial charge in [-0.3, -0.25) is 4.79 Å². The fourth-order valence-corrected chi connectivity index (χ4v) is 2.65. The molecule has 1 aromatic carbocycles. The first kappa shape index (κ1) is 14.9. The standard InChI is InChI=1S/C16H24N2O2/c1-3-4-10-18-16(19)11-20-15-7-5-6-12-13(15)8-9-14(12)17-2/h5-7,14,17H,3-4,8-11H2,1-2H3,(H,18,19). The van der Waals surface area contributed by atoms with Gasteiger partial charge in [0.25, 0.3) is 5.91 Å². The van der Waals surface area contributed by atoms with E-state index in [4.69, 9.17) is 4.74 Å². The van der Waals surface area contributed by atoms with E-state index in [2.05, 4.69) is 23.6 Å². The topological polar surface area (TPSA) is 50.4 Å². The number of ether oxygens (including phenoxy) is 1. The molecule has 1 aliphatic carbocycles. The Balaban J connectivity index is 1.91. The minimum Gasteiger partial charge on any atom is -0.483 e. The quantitative estimate of drug-likeness (QED) is 0.751. The first-order valence-corrected chi connectivity index (χ1v) is 7.44. The van der Waals surface area contributed by atoms with E-state index < -0.39 is 0 Å². The van der Waals surface area contributed by atoms with Gasteiger partial charge in [0.15, 0.2) is 6.61 Å². The van der Waals surface area contributed by atoms with Crippen LogP contribution in [-0.2, 0) is 11.2 Å². The number of hydrogen-bond acceptors (Lipinski definition) is 3. The number of carbonyl (C=O) groups excluding carboxylic acids is 1. The maximum absolute atomic E-state index is 11.7. The fourth-order valence-electron chi connectivity index (χ4n) is 2.65. The summed E-state index contributed by atoms with van der Waals surface area (Å²) in [7, 11) is 1.98. The molecule has 2 N–H and O–H groups in total. The van der Waals surface area contributed by atoms with Crippen LogP contribution in [0, 0.1) is 0 Å². The average molecular weight is 276 g/mol. The Kier molecular flexibility index (Phi) is 5.41. The third kappa shape index (κ3) is 3.51.